The van der Waals surface area contributed by atoms with E-state index in [1.54, 1.807) is 22.1 Å². The highest BCUT2D eigenvalue weighted by atomic mass is 32.2. The second-order valence-corrected chi connectivity index (χ2v) is 26.4. The predicted octanol–water partition coefficient (Wildman–Crippen LogP) is 13.0. The second kappa shape index (κ2) is 33.0. The third-order valence-corrected chi connectivity index (χ3v) is 19.2. The summed E-state index contributed by atoms with van der Waals surface area (Å²) in [4.78, 5) is 6.18. The highest BCUT2D eigenvalue weighted by molar-refractivity contribution is 7.85. The maximum absolute atomic E-state index is 12.8. The molecule has 3 aliphatic rings. The molecule has 9 rings (SSSR count). The van der Waals surface area contributed by atoms with E-state index in [1.165, 1.54) is 84.2 Å². The minimum Gasteiger partial charge on any atom is -0.504 e. The Bertz CT molecular complexity index is 2570. The lowest BCUT2D eigenvalue weighted by molar-refractivity contribution is 0.152. The van der Waals surface area contributed by atoms with E-state index in [1.807, 2.05) is 28.7 Å². The van der Waals surface area contributed by atoms with Gasteiger partial charge in [0.15, 0.2) is 43.2 Å². The molecule has 75 heavy (non-hydrogen) atoms. The third kappa shape index (κ3) is 19.7. The number of hydrogen-bond donors (Lipinski definition) is 6. The Balaban J connectivity index is 0.000000245. The Morgan fingerprint density at radius 1 is 0.667 bits per heavy atom. The first-order chi connectivity index (χ1) is 36.2. The van der Waals surface area contributed by atoms with Gasteiger partial charge in [0.05, 0.1) is 54.2 Å². The van der Waals surface area contributed by atoms with Gasteiger partial charge in [-0.15, -0.1) is 34.0 Å². The molecular weight excluding hydrogens is 1090 g/mol. The van der Waals surface area contributed by atoms with Crippen LogP contribution in [0.4, 0.5) is 34.6 Å². The average Bonchev–Trinajstić information content (AvgIpc) is 4.25. The number of rotatable bonds is 20. The monoisotopic (exact) mass is 1170 g/mol. The Kier molecular flexibility index (Phi) is 27.4. The van der Waals surface area contributed by atoms with Gasteiger partial charge in [0.25, 0.3) is 0 Å². The number of aromatic nitrogens is 4. The lowest BCUT2D eigenvalue weighted by Gasteiger charge is -2.32. The van der Waals surface area contributed by atoms with Crippen LogP contribution in [-0.4, -0.2) is 120 Å². The van der Waals surface area contributed by atoms with Crippen LogP contribution >= 0.6 is 57.5 Å². The van der Waals surface area contributed by atoms with Gasteiger partial charge in [-0.25, -0.2) is 17.0 Å². The summed E-state index contributed by atoms with van der Waals surface area (Å²) in [6.07, 6.45) is 10.6. The number of furan rings is 1. The molecule has 6 N–H and O–H groups in total. The largest absolute Gasteiger partial charge is 0.504 e. The average molecular weight is 1170 g/mol. The van der Waals surface area contributed by atoms with Crippen LogP contribution < -0.4 is 21.3 Å². The number of aromatic hydroxyl groups is 2. The highest BCUT2D eigenvalue weighted by Crippen LogP contribution is 2.42. The maximum Gasteiger partial charge on any atom is 0.188 e. The number of hydrogen-bond acceptors (Lipinski definition) is 20. The molecule has 17 nitrogen and oxygen atoms in total. The van der Waals surface area contributed by atoms with Crippen molar-refractivity contribution >= 4 is 114 Å². The van der Waals surface area contributed by atoms with Crippen molar-refractivity contribution in [3.05, 3.63) is 56.3 Å². The fourth-order valence-electron chi connectivity index (χ4n) is 7.58. The van der Waals surface area contributed by atoms with E-state index in [9.17, 15) is 18.6 Å². The number of nitrogens with one attached hydrogen (secondary N) is 4. The summed E-state index contributed by atoms with van der Waals surface area (Å²) in [5.74, 6) is 4.53. The summed E-state index contributed by atoms with van der Waals surface area (Å²) in [7, 11) is -0.468. The van der Waals surface area contributed by atoms with Gasteiger partial charge >= 0.3 is 0 Å². The van der Waals surface area contributed by atoms with Gasteiger partial charge in [-0.3, -0.25) is 0 Å². The van der Waals surface area contributed by atoms with Crippen molar-refractivity contribution in [3.8, 4) is 11.5 Å². The van der Waals surface area contributed by atoms with E-state index in [0.29, 0.717) is 62.1 Å². The van der Waals surface area contributed by atoms with Crippen LogP contribution in [-0.2, 0) is 41.5 Å². The van der Waals surface area contributed by atoms with Crippen LogP contribution in [0.25, 0.3) is 0 Å². The Morgan fingerprint density at radius 3 is 1.63 bits per heavy atom. The van der Waals surface area contributed by atoms with Gasteiger partial charge in [-0.2, -0.15) is 17.5 Å². The fraction of sp³-hybridized carbons (Fsp3) is 0.608. The van der Waals surface area contributed by atoms with Gasteiger partial charge in [0.2, 0.25) is 0 Å². The van der Waals surface area contributed by atoms with E-state index in [-0.39, 0.29) is 11.5 Å². The molecule has 3 saturated heterocycles. The molecule has 6 aromatic heterocycles. The number of aryl methyl sites for hydroxylation is 1. The van der Waals surface area contributed by atoms with Crippen LogP contribution in [0.5, 0.6) is 11.5 Å². The molecule has 24 heteroatoms. The third-order valence-electron chi connectivity index (χ3n) is 11.6. The normalized spacial score (nSPS) is 16.0. The van der Waals surface area contributed by atoms with Crippen LogP contribution in [0, 0.1) is 5.92 Å². The molecule has 0 aromatic carbocycles. The van der Waals surface area contributed by atoms with Gasteiger partial charge in [0.1, 0.15) is 27.7 Å². The van der Waals surface area contributed by atoms with Gasteiger partial charge in [-0.05, 0) is 99.0 Å². The molecule has 0 saturated carbocycles. The van der Waals surface area contributed by atoms with Crippen LogP contribution in [0.3, 0.4) is 0 Å². The van der Waals surface area contributed by atoms with E-state index < -0.39 is 22.0 Å². The zero-order chi connectivity index (χ0) is 54.3. The number of unbranched alkanes of at least 4 members (excludes halogenated alkanes) is 1. The van der Waals surface area contributed by atoms with Gasteiger partial charge < -0.3 is 45.7 Å². The molecule has 0 bridgehead atoms. The highest BCUT2D eigenvalue weighted by Gasteiger charge is 2.27. The maximum atomic E-state index is 12.8. The first kappa shape index (κ1) is 62.3. The van der Waals surface area contributed by atoms with Crippen molar-refractivity contribution in [3.63, 3.8) is 0 Å². The first-order valence-electron chi connectivity index (χ1n) is 26.4. The summed E-state index contributed by atoms with van der Waals surface area (Å²) < 4.78 is 53.2. The van der Waals surface area contributed by atoms with Crippen molar-refractivity contribution in [1.29, 1.82) is 0 Å². The van der Waals surface area contributed by atoms with E-state index in [2.05, 4.69) is 122 Å². The lowest BCUT2D eigenvalue weighted by atomic mass is 10.1. The van der Waals surface area contributed by atoms with E-state index in [4.69, 9.17) is 4.42 Å². The zero-order valence-corrected chi connectivity index (χ0v) is 51.3. The molecular formula is C51H82N12O5S7. The summed E-state index contributed by atoms with van der Waals surface area (Å²) in [6.45, 7) is 29.3. The predicted molar refractivity (Wildman–Crippen MR) is 319 cm³/mol. The first-order valence-corrected chi connectivity index (χ1v) is 32.7. The molecule has 0 aliphatic carbocycles. The van der Waals surface area contributed by atoms with Gasteiger partial charge in [-0.1, -0.05) is 68.7 Å². The fourth-order valence-corrected chi connectivity index (χ4v) is 14.6. The van der Waals surface area contributed by atoms with E-state index >= 15 is 0 Å². The molecule has 418 valence electrons. The molecule has 2 unspecified atom stereocenters. The summed E-state index contributed by atoms with van der Waals surface area (Å²) in [5, 5.41) is 39.8. The number of likely N-dealkylation sites (N-methyl/N-ethyl adjacent to an activating group) is 1. The minimum absolute atomic E-state index is 0.0116. The number of thiophene rings is 3. The molecule has 0 radical (unpaired) electrons. The quantitative estimate of drug-likeness (QED) is 0.0394. The molecule has 3 fully saturated rings. The minimum atomic E-state index is -1.34. The Labute approximate surface area is 471 Å². The molecule has 3 aliphatic heterocycles. The molecule has 9 heterocycles. The topological polar surface area (TPSA) is 200 Å². The summed E-state index contributed by atoms with van der Waals surface area (Å²) in [5.41, 5.74) is 3.54. The molecule has 6 aromatic rings. The Morgan fingerprint density at radius 2 is 1.15 bits per heavy atom. The Hall–Kier alpha value is -3.56. The molecule has 2 atom stereocenters. The van der Waals surface area contributed by atoms with Crippen LogP contribution in [0.2, 0.25) is 0 Å². The summed E-state index contributed by atoms with van der Waals surface area (Å²) in [6, 6.07) is 4.31. The smallest absolute Gasteiger partial charge is 0.188 e. The van der Waals surface area contributed by atoms with Crippen LogP contribution in [0.1, 0.15) is 135 Å². The summed E-state index contributed by atoms with van der Waals surface area (Å²) >= 11 is 6.50. The van der Waals surface area contributed by atoms with Crippen LogP contribution in [0.15, 0.2) is 47.4 Å². The second-order valence-electron chi connectivity index (χ2n) is 19.2. The standard InChI is InChI=1S/C24H35N7O3S3.C18H23N5O2S4.C4H10.C3H8.C2H6/c1-29-10-12-30(13-11-29)7-3-2-6-18-14-19(34-16-18)15-25-22-23(28-36-27-22)26-20-17-35-24(21(20)32)37(33)31-8-4-5-9-31;1-11(2)12-7-13(26-9-12)8-19-16-17(22-28-21-16)20-14-10-27-18(15(14)24)29(25)23-5-3-4-6-23;1-4(2)3;1-3-2;1-2/h14,16-17,32H,2-13,15H2,1H3,(H,25,27)(H,26,28);7,9-11,24H,3-6,8H2,1-2H3,(H,19,21)(H,20,22);4H,1-3H3;3H2,1-2H3;1-2H3. The van der Waals surface area contributed by atoms with Crippen molar-refractivity contribution < 1.29 is 23.0 Å². The SMILES string of the molecule is CC.CC(C)C.CC(C)c1csc(CNc2nsnc2Nc2csc(S(=O)N3CCCC3)c2O)c1.CCC.CN1CCN(CCCCc2coc(CNc3nsnc3Nc3csc(S(=O)N4CCCC4)c3O)c2)CC1. The van der Waals surface area contributed by atoms with Crippen molar-refractivity contribution in [2.75, 3.05) is 87.2 Å². The number of anilines is 6. The van der Waals surface area contributed by atoms with E-state index in [0.717, 1.165) is 99.8 Å². The molecule has 0 spiro atoms. The number of piperazine rings is 1. The lowest BCUT2D eigenvalue weighted by Crippen LogP contribution is -2.44. The van der Waals surface area contributed by atoms with Crippen molar-refractivity contribution in [1.82, 2.24) is 35.9 Å². The van der Waals surface area contributed by atoms with Gasteiger partial charge in [0, 0.05) is 68.0 Å². The number of nitrogens with zero attached hydrogens (tertiary/aromatic N) is 8. The van der Waals surface area contributed by atoms with Crippen molar-refractivity contribution in [2.45, 2.75) is 141 Å². The molecule has 0 amide bonds. The van der Waals surface area contributed by atoms with Crippen molar-refractivity contribution in [2.24, 2.45) is 5.92 Å². The zero-order valence-electron chi connectivity index (χ0n) is 45.6.